The van der Waals surface area contributed by atoms with Gasteiger partial charge < -0.3 is 11.1 Å². The summed E-state index contributed by atoms with van der Waals surface area (Å²) in [4.78, 5) is 0. The summed E-state index contributed by atoms with van der Waals surface area (Å²) < 4.78 is 0. The van der Waals surface area contributed by atoms with Gasteiger partial charge in [-0.3, -0.25) is 5.41 Å². The van der Waals surface area contributed by atoms with Gasteiger partial charge in [0.25, 0.3) is 0 Å². The van der Waals surface area contributed by atoms with Gasteiger partial charge in [0.1, 0.15) is 0 Å². The number of hydrogen-bond donors (Lipinski definition) is 3. The Hall–Kier alpha value is -0.730. The molecule has 0 saturated carbocycles. The highest BCUT2D eigenvalue weighted by atomic mass is 15.1. The third kappa shape index (κ3) is 5.14. The van der Waals surface area contributed by atoms with Gasteiger partial charge in [0.15, 0.2) is 5.96 Å². The molecule has 0 bridgehead atoms. The van der Waals surface area contributed by atoms with E-state index >= 15 is 0 Å². The molecule has 0 aromatic rings. The fraction of sp³-hybridized carbons (Fsp3) is 0.667. The molecule has 0 heterocycles. The standard InChI is InChI=1S/C6H14N3/c1-3-4-5(2)9-6(7)8/h5H,2-4H2,1H3,(H4,7,8,9). The minimum atomic E-state index is 0.00319. The predicted molar refractivity (Wildman–Crippen MR) is 39.1 cm³/mol. The highest BCUT2D eigenvalue weighted by Crippen LogP contribution is 1.92. The van der Waals surface area contributed by atoms with E-state index in [1.165, 1.54) is 0 Å². The SMILES string of the molecule is [CH2]C(CCC)NC(=N)N. The maximum atomic E-state index is 6.83. The Morgan fingerprint density at radius 3 is 2.78 bits per heavy atom. The molecule has 0 aliphatic rings. The molecule has 0 spiro atoms. The zero-order valence-electron chi connectivity index (χ0n) is 5.78. The monoisotopic (exact) mass is 128 g/mol. The summed E-state index contributed by atoms with van der Waals surface area (Å²) in [5.74, 6) is 0.00319. The van der Waals surface area contributed by atoms with Crippen LogP contribution in [-0.2, 0) is 0 Å². The number of nitrogens with one attached hydrogen (secondary N) is 2. The topological polar surface area (TPSA) is 61.9 Å². The van der Waals surface area contributed by atoms with E-state index in [1.807, 2.05) is 0 Å². The van der Waals surface area contributed by atoms with Crippen LogP contribution in [0.1, 0.15) is 19.8 Å². The van der Waals surface area contributed by atoms with Gasteiger partial charge in [-0.25, -0.2) is 0 Å². The first-order chi connectivity index (χ1) is 4.16. The normalized spacial score (nSPS) is 12.7. The van der Waals surface area contributed by atoms with Crippen LogP contribution in [-0.4, -0.2) is 12.0 Å². The van der Waals surface area contributed by atoms with Gasteiger partial charge in [-0.2, -0.15) is 0 Å². The van der Waals surface area contributed by atoms with Crippen molar-refractivity contribution in [2.75, 3.05) is 0 Å². The molecule has 3 heteroatoms. The van der Waals surface area contributed by atoms with E-state index in [0.717, 1.165) is 12.8 Å². The Balaban J connectivity index is 3.26. The third-order valence-electron chi connectivity index (χ3n) is 0.997. The van der Waals surface area contributed by atoms with Crippen LogP contribution in [0.5, 0.6) is 0 Å². The molecule has 53 valence electrons. The highest BCUT2D eigenvalue weighted by molar-refractivity contribution is 5.74. The highest BCUT2D eigenvalue weighted by Gasteiger charge is 1.97. The predicted octanol–water partition coefficient (Wildman–Crippen LogP) is 0.472. The van der Waals surface area contributed by atoms with Gasteiger partial charge in [-0.05, 0) is 13.3 Å². The largest absolute Gasteiger partial charge is 0.370 e. The van der Waals surface area contributed by atoms with E-state index < -0.39 is 0 Å². The van der Waals surface area contributed by atoms with Crippen molar-refractivity contribution in [2.24, 2.45) is 5.73 Å². The van der Waals surface area contributed by atoms with Crippen molar-refractivity contribution >= 4 is 5.96 Å². The molecular weight excluding hydrogens is 114 g/mol. The van der Waals surface area contributed by atoms with Gasteiger partial charge in [0.05, 0.1) is 0 Å². The fourth-order valence-electron chi connectivity index (χ4n) is 0.641. The number of hydrogen-bond acceptors (Lipinski definition) is 1. The zero-order chi connectivity index (χ0) is 7.28. The summed E-state index contributed by atoms with van der Waals surface area (Å²) in [6.07, 6.45) is 2.02. The molecule has 1 unspecified atom stereocenters. The fourth-order valence-corrected chi connectivity index (χ4v) is 0.641. The molecule has 0 aromatic heterocycles. The summed E-state index contributed by atoms with van der Waals surface area (Å²) >= 11 is 0. The van der Waals surface area contributed by atoms with Crippen LogP contribution in [0.25, 0.3) is 0 Å². The maximum absolute atomic E-state index is 6.83. The van der Waals surface area contributed by atoms with Crippen LogP contribution < -0.4 is 11.1 Å². The van der Waals surface area contributed by atoms with Crippen molar-refractivity contribution in [1.29, 1.82) is 5.41 Å². The van der Waals surface area contributed by atoms with E-state index in [-0.39, 0.29) is 12.0 Å². The number of nitrogens with two attached hydrogens (primary N) is 1. The summed E-state index contributed by atoms with van der Waals surface area (Å²) in [5, 5.41) is 9.52. The lowest BCUT2D eigenvalue weighted by Gasteiger charge is -2.10. The Morgan fingerprint density at radius 2 is 2.44 bits per heavy atom. The molecule has 0 aliphatic heterocycles. The third-order valence-corrected chi connectivity index (χ3v) is 0.997. The Bertz CT molecular complexity index is 90.3. The molecule has 1 atom stereocenters. The molecule has 0 aliphatic carbocycles. The quantitative estimate of drug-likeness (QED) is 0.382. The van der Waals surface area contributed by atoms with Crippen LogP contribution >= 0.6 is 0 Å². The average Bonchev–Trinajstić information content (AvgIpc) is 1.63. The van der Waals surface area contributed by atoms with Crippen LogP contribution in [0.2, 0.25) is 0 Å². The summed E-state index contributed by atoms with van der Waals surface area (Å²) in [7, 11) is 0. The first-order valence-corrected chi connectivity index (χ1v) is 3.10. The van der Waals surface area contributed by atoms with Gasteiger partial charge in [0, 0.05) is 6.04 Å². The molecule has 4 N–H and O–H groups in total. The van der Waals surface area contributed by atoms with E-state index in [2.05, 4.69) is 19.2 Å². The molecule has 3 nitrogen and oxygen atoms in total. The molecule has 0 fully saturated rings. The van der Waals surface area contributed by atoms with Crippen molar-refractivity contribution in [2.45, 2.75) is 25.8 Å². The van der Waals surface area contributed by atoms with E-state index in [9.17, 15) is 0 Å². The number of rotatable bonds is 3. The van der Waals surface area contributed by atoms with E-state index in [0.29, 0.717) is 0 Å². The van der Waals surface area contributed by atoms with Crippen LogP contribution in [0.3, 0.4) is 0 Å². The van der Waals surface area contributed by atoms with Gasteiger partial charge in [-0.15, -0.1) is 0 Å². The first-order valence-electron chi connectivity index (χ1n) is 3.10. The van der Waals surface area contributed by atoms with E-state index in [1.54, 1.807) is 0 Å². The van der Waals surface area contributed by atoms with E-state index in [4.69, 9.17) is 11.1 Å². The van der Waals surface area contributed by atoms with Crippen LogP contribution in [0, 0.1) is 12.3 Å². The number of guanidine groups is 1. The van der Waals surface area contributed by atoms with Crippen molar-refractivity contribution in [3.63, 3.8) is 0 Å². The molecule has 0 rings (SSSR count). The van der Waals surface area contributed by atoms with Gasteiger partial charge in [0.2, 0.25) is 0 Å². The van der Waals surface area contributed by atoms with Crippen molar-refractivity contribution < 1.29 is 0 Å². The van der Waals surface area contributed by atoms with Crippen molar-refractivity contribution in [3.8, 4) is 0 Å². The second-order valence-corrected chi connectivity index (χ2v) is 2.04. The zero-order valence-corrected chi connectivity index (χ0v) is 5.78. The second-order valence-electron chi connectivity index (χ2n) is 2.04. The lowest BCUT2D eigenvalue weighted by Crippen LogP contribution is -2.37. The minimum Gasteiger partial charge on any atom is -0.370 e. The molecule has 0 aromatic carbocycles. The summed E-state index contributed by atoms with van der Waals surface area (Å²) in [5.41, 5.74) is 5.06. The van der Waals surface area contributed by atoms with Gasteiger partial charge >= 0.3 is 0 Å². The maximum Gasteiger partial charge on any atom is 0.185 e. The smallest absolute Gasteiger partial charge is 0.185 e. The Kier molecular flexibility index (Phi) is 3.84. The Morgan fingerprint density at radius 1 is 1.89 bits per heavy atom. The summed E-state index contributed by atoms with van der Waals surface area (Å²) in [6, 6.07) is 0.0903. The molecule has 0 saturated heterocycles. The molecule has 0 amide bonds. The summed E-state index contributed by atoms with van der Waals surface area (Å²) in [6.45, 7) is 5.81. The Labute approximate surface area is 56.1 Å². The lowest BCUT2D eigenvalue weighted by atomic mass is 10.2. The van der Waals surface area contributed by atoms with Crippen LogP contribution in [0.15, 0.2) is 0 Å². The average molecular weight is 128 g/mol. The lowest BCUT2D eigenvalue weighted by molar-refractivity contribution is 0.639. The van der Waals surface area contributed by atoms with Crippen LogP contribution in [0.4, 0.5) is 0 Å². The molecule has 1 radical (unpaired) electrons. The molecular formula is C6H14N3. The minimum absolute atomic E-state index is 0.00319. The molecule has 9 heavy (non-hydrogen) atoms. The van der Waals surface area contributed by atoms with Crippen molar-refractivity contribution in [3.05, 3.63) is 6.92 Å². The second kappa shape index (κ2) is 4.18. The first kappa shape index (κ1) is 8.27. The van der Waals surface area contributed by atoms with Gasteiger partial charge in [-0.1, -0.05) is 13.3 Å². The van der Waals surface area contributed by atoms with Crippen molar-refractivity contribution in [1.82, 2.24) is 5.32 Å².